The van der Waals surface area contributed by atoms with Gasteiger partial charge in [-0.05, 0) is 196 Å². The first-order valence-corrected chi connectivity index (χ1v) is 35.7. The van der Waals surface area contributed by atoms with Crippen LogP contribution in [0.25, 0.3) is 0 Å². The van der Waals surface area contributed by atoms with Gasteiger partial charge in [0.15, 0.2) is 4.90 Å². The first-order chi connectivity index (χ1) is 46.1. The van der Waals surface area contributed by atoms with E-state index in [1.807, 2.05) is 79.7 Å². The molecule has 0 unspecified atom stereocenters. The Hall–Kier alpha value is -10.2. The topological polar surface area (TPSA) is 303 Å². The fourth-order valence-corrected chi connectivity index (χ4v) is 14.2. The minimum atomic E-state index is -4.14. The molecule has 0 aromatic heterocycles. The maximum Gasteiger partial charge on any atom is 0.335 e. The maximum absolute atomic E-state index is 12.8. The Morgan fingerprint density at radius 3 is 0.990 bits per heavy atom. The first kappa shape index (κ1) is 73.3. The normalized spacial score (nSPS) is 11.2. The van der Waals surface area contributed by atoms with E-state index in [0.29, 0.717) is 65.2 Å². The van der Waals surface area contributed by atoms with Crippen LogP contribution in [-0.4, -0.2) is 70.5 Å². The van der Waals surface area contributed by atoms with Gasteiger partial charge in [0.25, 0.3) is 35.8 Å². The van der Waals surface area contributed by atoms with Crippen LogP contribution >= 0.6 is 0 Å². The predicted molar refractivity (Wildman–Crippen MR) is 373 cm³/mol. The lowest BCUT2D eigenvalue weighted by atomic mass is 9.99. The number of rotatable bonds is 32. The highest BCUT2D eigenvalue weighted by molar-refractivity contribution is 7.93. The van der Waals surface area contributed by atoms with Crippen molar-refractivity contribution in [3.8, 4) is 5.75 Å². The van der Waals surface area contributed by atoms with Crippen molar-refractivity contribution in [1.82, 2.24) is 0 Å². The van der Waals surface area contributed by atoms with Gasteiger partial charge in [0.1, 0.15) is 5.75 Å². The number of nitrogens with zero attached hydrogens (tertiary/aromatic N) is 1. The number of nitro benzene ring substituents is 1. The molecule has 19 nitrogen and oxygen atoms in total. The zero-order valence-electron chi connectivity index (χ0n) is 53.3. The van der Waals surface area contributed by atoms with E-state index in [0.717, 1.165) is 116 Å². The highest BCUT2D eigenvalue weighted by Crippen LogP contribution is 2.30. The maximum atomic E-state index is 12.8. The summed E-state index contributed by atoms with van der Waals surface area (Å²) in [6.07, 6.45) is 11.9. The van der Waals surface area contributed by atoms with E-state index in [-0.39, 0.29) is 14.7 Å². The Morgan fingerprint density at radius 2 is 0.656 bits per heavy atom. The minimum Gasteiger partial charge on any atom is -0.497 e. The van der Waals surface area contributed by atoms with Crippen molar-refractivity contribution in [3.05, 3.63) is 284 Å². The lowest BCUT2D eigenvalue weighted by Gasteiger charge is -2.13. The molecule has 0 spiro atoms. The summed E-state index contributed by atoms with van der Waals surface area (Å²) in [6.45, 7) is 1.92. The molecular formula is C74H78N4O15S3. The summed E-state index contributed by atoms with van der Waals surface area (Å²) in [5.74, 6) is -2.15. The van der Waals surface area contributed by atoms with Crippen molar-refractivity contribution >= 4 is 70.7 Å². The number of nitro groups is 1. The lowest BCUT2D eigenvalue weighted by molar-refractivity contribution is -0.387. The number of aromatic carboxylic acids is 3. The summed E-state index contributed by atoms with van der Waals surface area (Å²) in [5.41, 5.74) is 8.23. The molecule has 0 aliphatic carbocycles. The number of unbranched alkanes of at least 4 members (excludes halogenated alkanes) is 6. The van der Waals surface area contributed by atoms with Gasteiger partial charge in [-0.15, -0.1) is 0 Å². The van der Waals surface area contributed by atoms with Crippen LogP contribution in [0.2, 0.25) is 0 Å². The van der Waals surface area contributed by atoms with Gasteiger partial charge in [-0.3, -0.25) is 24.3 Å². The van der Waals surface area contributed by atoms with Gasteiger partial charge in [-0.2, -0.15) is 0 Å². The van der Waals surface area contributed by atoms with E-state index in [1.54, 1.807) is 109 Å². The standard InChI is InChI=1S/C25H27NO5S.C25H27NO4S.C24H24N2O6S/c1-31-21-15-17-22(18-16-21)32(29,30)26-24-14-8-6-12-20(24)11-4-2-3-9-19-10-5-7-13-23(19)25(27)28;1-19-15-17-22(18-16-19)31(29,30)26-24-14-8-6-12-21(24)11-4-2-3-9-20-10-5-7-13-23(20)25(27)28;27-24(28)20-14-6-4-11-18(20)10-2-1-3-12-19-13-5-7-15-21(19)25-33(31,32)23-17-9-8-16-22(23)26(29)30/h5-8,10,12-18,26H,2-4,9,11H2,1H3,(H,27,28);5-8,10,12-18,26H,2-4,9,11H2,1H3,(H,27,28);4-9,11,13-17,25H,1-3,10,12H2,(H,27,28). The van der Waals surface area contributed by atoms with E-state index < -0.39 is 58.6 Å². The molecule has 0 aliphatic heterocycles. The number of methoxy groups -OCH3 is 1. The molecule has 96 heavy (non-hydrogen) atoms. The molecule has 0 atom stereocenters. The average molecular weight is 1360 g/mol. The van der Waals surface area contributed by atoms with Crippen molar-refractivity contribution < 1.29 is 64.6 Å². The second kappa shape index (κ2) is 35.9. The molecule has 502 valence electrons. The Morgan fingerprint density at radius 1 is 0.375 bits per heavy atom. The molecule has 0 saturated heterocycles. The fraction of sp³-hybridized carbons (Fsp3) is 0.230. The van der Waals surface area contributed by atoms with E-state index in [2.05, 4.69) is 14.2 Å². The van der Waals surface area contributed by atoms with Crippen LogP contribution in [0, 0.1) is 17.0 Å². The Labute approximate surface area is 561 Å². The SMILES string of the molecule is COc1ccc(S(=O)(=O)Nc2ccccc2CCCCCc2ccccc2C(=O)O)cc1.Cc1ccc(S(=O)(=O)Nc2ccccc2CCCCCc2ccccc2C(=O)O)cc1.O=C(O)c1ccccc1CCCCCc1ccccc1NS(=O)(=O)c1ccccc1[N+](=O)[O-]. The number of anilines is 3. The average Bonchev–Trinajstić information content (AvgIpc) is 0.826. The van der Waals surface area contributed by atoms with E-state index in [9.17, 15) is 65.1 Å². The number of hydrogen-bond donors (Lipinski definition) is 6. The van der Waals surface area contributed by atoms with Crippen LogP contribution in [0.3, 0.4) is 0 Å². The molecule has 0 fully saturated rings. The number of carboxylic acids is 3. The first-order valence-electron chi connectivity index (χ1n) is 31.3. The monoisotopic (exact) mass is 1360 g/mol. The number of para-hydroxylation sites is 4. The molecule has 0 radical (unpaired) electrons. The van der Waals surface area contributed by atoms with E-state index >= 15 is 0 Å². The molecule has 0 heterocycles. The molecular weight excluding hydrogens is 1280 g/mol. The quantitative estimate of drug-likeness (QED) is 0.0130. The van der Waals surface area contributed by atoms with Crippen molar-refractivity contribution in [2.24, 2.45) is 0 Å². The van der Waals surface area contributed by atoms with Crippen molar-refractivity contribution in [2.45, 2.75) is 118 Å². The van der Waals surface area contributed by atoms with Crippen molar-refractivity contribution in [1.29, 1.82) is 0 Å². The second-order valence-electron chi connectivity index (χ2n) is 22.6. The lowest BCUT2D eigenvalue weighted by Crippen LogP contribution is -2.15. The number of ether oxygens (including phenoxy) is 1. The second-order valence-corrected chi connectivity index (χ2v) is 27.6. The number of carbonyl (C=O) groups is 3. The zero-order chi connectivity index (χ0) is 69.1. The van der Waals surface area contributed by atoms with Crippen LogP contribution in [0.4, 0.5) is 22.7 Å². The number of hydrogen-bond acceptors (Lipinski definition) is 12. The number of carboxylic acid groups (broad SMARTS) is 3. The van der Waals surface area contributed by atoms with Gasteiger partial charge in [0, 0.05) is 6.07 Å². The smallest absolute Gasteiger partial charge is 0.335 e. The van der Waals surface area contributed by atoms with Crippen LogP contribution in [0.5, 0.6) is 5.75 Å². The highest BCUT2D eigenvalue weighted by atomic mass is 32.2. The van der Waals surface area contributed by atoms with E-state index in [1.165, 1.54) is 37.4 Å². The number of aryl methyl sites for hydroxylation is 7. The van der Waals surface area contributed by atoms with Gasteiger partial charge in [0.05, 0.1) is 55.6 Å². The molecule has 9 aromatic carbocycles. The van der Waals surface area contributed by atoms with Crippen LogP contribution < -0.4 is 18.9 Å². The largest absolute Gasteiger partial charge is 0.497 e. The molecule has 0 saturated carbocycles. The zero-order valence-corrected chi connectivity index (χ0v) is 55.8. The fourth-order valence-electron chi connectivity index (χ4n) is 10.7. The third kappa shape index (κ3) is 22.0. The molecule has 0 aliphatic rings. The van der Waals surface area contributed by atoms with E-state index in [4.69, 9.17) is 4.74 Å². The summed E-state index contributed by atoms with van der Waals surface area (Å²) in [6, 6.07) is 61.1. The molecule has 22 heteroatoms. The number of benzene rings is 9. The number of sulfonamides is 3. The highest BCUT2D eigenvalue weighted by Gasteiger charge is 2.26. The van der Waals surface area contributed by atoms with Crippen molar-refractivity contribution in [2.75, 3.05) is 21.3 Å². The minimum absolute atomic E-state index is 0.171. The summed E-state index contributed by atoms with van der Waals surface area (Å²) in [7, 11) is -9.96. The molecule has 0 amide bonds. The molecule has 9 aromatic rings. The Kier molecular flexibility index (Phi) is 27.4. The Bertz CT molecular complexity index is 4450. The van der Waals surface area contributed by atoms with Crippen LogP contribution in [0.15, 0.2) is 233 Å². The molecule has 9 rings (SSSR count). The van der Waals surface area contributed by atoms with Crippen LogP contribution in [-0.2, 0) is 68.6 Å². The van der Waals surface area contributed by atoms with Crippen LogP contribution in [0.1, 0.15) is 128 Å². The van der Waals surface area contributed by atoms with Gasteiger partial charge in [-0.1, -0.05) is 158 Å². The summed E-state index contributed by atoms with van der Waals surface area (Å²) in [5, 5.41) is 39.1. The summed E-state index contributed by atoms with van der Waals surface area (Å²) < 4.78 is 89.7. The van der Waals surface area contributed by atoms with Gasteiger partial charge in [0.2, 0.25) is 0 Å². The molecule has 0 bridgehead atoms. The van der Waals surface area contributed by atoms with Gasteiger partial charge < -0.3 is 20.1 Å². The van der Waals surface area contributed by atoms with Gasteiger partial charge in [-0.25, -0.2) is 39.6 Å². The predicted octanol–water partition coefficient (Wildman–Crippen LogP) is 15.6. The van der Waals surface area contributed by atoms with Gasteiger partial charge >= 0.3 is 17.9 Å². The third-order valence-corrected chi connectivity index (χ3v) is 19.9. The Balaban J connectivity index is 0.000000203. The summed E-state index contributed by atoms with van der Waals surface area (Å²) >= 11 is 0. The third-order valence-electron chi connectivity index (χ3n) is 15.8. The van der Waals surface area contributed by atoms with Crippen molar-refractivity contribution in [3.63, 3.8) is 0 Å². The number of nitrogens with one attached hydrogen (secondary N) is 3. The molecule has 6 N–H and O–H groups in total. The summed E-state index contributed by atoms with van der Waals surface area (Å²) in [4.78, 5) is 44.5.